The largest absolute Gasteiger partial charge is 0.324 e. The fourth-order valence-electron chi connectivity index (χ4n) is 1.94. The summed E-state index contributed by atoms with van der Waals surface area (Å²) in [5.74, 6) is 0. The first-order chi connectivity index (χ1) is 6.93. The molecule has 2 rings (SSSR count). The van der Waals surface area contributed by atoms with Crippen molar-refractivity contribution in [2.75, 3.05) is 0 Å². The predicted molar refractivity (Wildman–Crippen MR) is 59.9 cm³/mol. The number of hydrogen-bond acceptors (Lipinski definition) is 3. The molecule has 0 aliphatic carbocycles. The highest BCUT2D eigenvalue weighted by atomic mass is 32.2. The minimum atomic E-state index is -3.23. The fraction of sp³-hybridized carbons (Fsp3) is 0.273. The average molecular weight is 223 g/mol. The summed E-state index contributed by atoms with van der Waals surface area (Å²) in [6.45, 7) is 3.66. The number of rotatable bonds is 1. The molecule has 15 heavy (non-hydrogen) atoms. The maximum absolute atomic E-state index is 11.7. The van der Waals surface area contributed by atoms with E-state index in [1.165, 1.54) is 5.41 Å². The maximum Gasteiger partial charge on any atom is 0.200 e. The van der Waals surface area contributed by atoms with Crippen molar-refractivity contribution < 1.29 is 8.42 Å². The van der Waals surface area contributed by atoms with E-state index in [0.717, 1.165) is 16.7 Å². The zero-order chi connectivity index (χ0) is 11.2. The monoisotopic (exact) mass is 223 g/mol. The van der Waals surface area contributed by atoms with E-state index in [2.05, 4.69) is 0 Å². The Hall–Kier alpha value is -1.13. The highest BCUT2D eigenvalue weighted by Crippen LogP contribution is 2.36. The first-order valence-electron chi connectivity index (χ1n) is 4.76. The Kier molecular flexibility index (Phi) is 2.20. The lowest BCUT2D eigenvalue weighted by molar-refractivity contribution is 0.605. The highest BCUT2D eigenvalue weighted by Gasteiger charge is 2.27. The molecule has 0 spiro atoms. The molecule has 4 heteroatoms. The average Bonchev–Trinajstić information content (AvgIpc) is 2.37. The molecule has 0 saturated carbocycles. The third-order valence-electron chi connectivity index (χ3n) is 2.58. The lowest BCUT2D eigenvalue weighted by atomic mass is 9.98. The molecule has 1 aromatic rings. The van der Waals surface area contributed by atoms with Gasteiger partial charge in [-0.05, 0) is 31.1 Å². The molecule has 1 aromatic carbocycles. The van der Waals surface area contributed by atoms with Crippen LogP contribution in [-0.4, -0.2) is 8.42 Å². The maximum atomic E-state index is 11.7. The lowest BCUT2D eigenvalue weighted by Gasteiger charge is -2.11. The first kappa shape index (κ1) is 10.4. The molecule has 2 N–H and O–H groups in total. The van der Waals surface area contributed by atoms with E-state index in [9.17, 15) is 8.42 Å². The van der Waals surface area contributed by atoms with Crippen LogP contribution in [-0.2, 0) is 9.84 Å². The Labute approximate surface area is 89.5 Å². The number of allylic oxidation sites excluding steroid dienone is 1. The van der Waals surface area contributed by atoms with Crippen molar-refractivity contribution in [2.24, 2.45) is 5.73 Å². The molecule has 1 unspecified atom stereocenters. The summed E-state index contributed by atoms with van der Waals surface area (Å²) in [5.41, 5.74) is 8.27. The minimum absolute atomic E-state index is 0.156. The van der Waals surface area contributed by atoms with Crippen LogP contribution in [0.1, 0.15) is 31.0 Å². The molecule has 1 heterocycles. The van der Waals surface area contributed by atoms with Gasteiger partial charge in [0.15, 0.2) is 0 Å². The molecule has 1 aliphatic rings. The number of benzene rings is 1. The molecule has 1 atom stereocenters. The Morgan fingerprint density at radius 3 is 2.60 bits per heavy atom. The molecular weight excluding hydrogens is 210 g/mol. The third kappa shape index (κ3) is 1.50. The Bertz CT molecular complexity index is 542. The second-order valence-corrected chi connectivity index (χ2v) is 5.62. The molecule has 0 aromatic heterocycles. The molecule has 0 radical (unpaired) electrons. The van der Waals surface area contributed by atoms with Gasteiger partial charge in [-0.15, -0.1) is 0 Å². The number of fused-ring (bicyclic) bond motifs is 1. The SMILES string of the molecule is CC1=CS(=O)(=O)c2cccc(C(C)N)c21. The second-order valence-electron chi connectivity index (χ2n) is 3.85. The summed E-state index contributed by atoms with van der Waals surface area (Å²) >= 11 is 0. The van der Waals surface area contributed by atoms with E-state index < -0.39 is 9.84 Å². The van der Waals surface area contributed by atoms with E-state index in [1.807, 2.05) is 13.0 Å². The van der Waals surface area contributed by atoms with Crippen molar-refractivity contribution in [2.45, 2.75) is 24.8 Å². The summed E-state index contributed by atoms with van der Waals surface area (Å²) < 4.78 is 23.4. The van der Waals surface area contributed by atoms with Gasteiger partial charge in [-0.25, -0.2) is 8.42 Å². The fourth-order valence-corrected chi connectivity index (χ4v) is 3.48. The van der Waals surface area contributed by atoms with Gasteiger partial charge >= 0.3 is 0 Å². The van der Waals surface area contributed by atoms with Crippen LogP contribution in [0, 0.1) is 0 Å². The van der Waals surface area contributed by atoms with Crippen LogP contribution in [0.15, 0.2) is 28.5 Å². The summed E-state index contributed by atoms with van der Waals surface area (Å²) in [5, 5.41) is 1.31. The molecule has 80 valence electrons. The van der Waals surface area contributed by atoms with Crippen molar-refractivity contribution >= 4 is 15.4 Å². The van der Waals surface area contributed by atoms with Crippen LogP contribution >= 0.6 is 0 Å². The van der Waals surface area contributed by atoms with E-state index in [1.54, 1.807) is 19.1 Å². The van der Waals surface area contributed by atoms with Crippen molar-refractivity contribution in [3.8, 4) is 0 Å². The van der Waals surface area contributed by atoms with Gasteiger partial charge in [0.05, 0.1) is 4.90 Å². The quantitative estimate of drug-likeness (QED) is 0.790. The summed E-state index contributed by atoms with van der Waals surface area (Å²) in [6.07, 6.45) is 0. The van der Waals surface area contributed by atoms with Crippen LogP contribution in [0.5, 0.6) is 0 Å². The van der Waals surface area contributed by atoms with Gasteiger partial charge in [0.2, 0.25) is 9.84 Å². The Morgan fingerprint density at radius 1 is 1.33 bits per heavy atom. The molecule has 1 aliphatic heterocycles. The summed E-state index contributed by atoms with van der Waals surface area (Å²) in [6, 6.07) is 5.09. The molecule has 3 nitrogen and oxygen atoms in total. The Balaban J connectivity index is 2.81. The van der Waals surface area contributed by atoms with Crippen molar-refractivity contribution in [1.82, 2.24) is 0 Å². The van der Waals surface area contributed by atoms with Crippen LogP contribution in [0.4, 0.5) is 0 Å². The molecule has 0 bridgehead atoms. The minimum Gasteiger partial charge on any atom is -0.324 e. The second kappa shape index (κ2) is 3.18. The molecular formula is C11H13NO2S. The zero-order valence-electron chi connectivity index (χ0n) is 8.69. The number of hydrogen-bond donors (Lipinski definition) is 1. The number of sulfone groups is 1. The van der Waals surface area contributed by atoms with Crippen molar-refractivity contribution in [3.05, 3.63) is 34.7 Å². The van der Waals surface area contributed by atoms with Gasteiger partial charge in [-0.3, -0.25) is 0 Å². The first-order valence-corrected chi connectivity index (χ1v) is 6.30. The van der Waals surface area contributed by atoms with E-state index in [4.69, 9.17) is 5.73 Å². The van der Waals surface area contributed by atoms with Gasteiger partial charge in [0, 0.05) is 17.0 Å². The third-order valence-corrected chi connectivity index (χ3v) is 4.20. The van der Waals surface area contributed by atoms with E-state index in [0.29, 0.717) is 4.90 Å². The van der Waals surface area contributed by atoms with Crippen LogP contribution < -0.4 is 5.73 Å². The summed E-state index contributed by atoms with van der Waals surface area (Å²) in [4.78, 5) is 0.384. The van der Waals surface area contributed by atoms with Gasteiger partial charge < -0.3 is 5.73 Å². The van der Waals surface area contributed by atoms with Gasteiger partial charge in [-0.1, -0.05) is 12.1 Å². The van der Waals surface area contributed by atoms with Crippen LogP contribution in [0.25, 0.3) is 5.57 Å². The molecule has 0 fully saturated rings. The van der Waals surface area contributed by atoms with E-state index in [-0.39, 0.29) is 6.04 Å². The summed E-state index contributed by atoms with van der Waals surface area (Å²) in [7, 11) is -3.23. The van der Waals surface area contributed by atoms with E-state index >= 15 is 0 Å². The van der Waals surface area contributed by atoms with Gasteiger partial charge in [0.1, 0.15) is 0 Å². The standard InChI is InChI=1S/C11H13NO2S/c1-7-6-15(13,14)10-5-3-4-9(8(2)12)11(7)10/h3-6,8H,12H2,1-2H3. The predicted octanol–water partition coefficient (Wildman–Crippen LogP) is 1.85. The van der Waals surface area contributed by atoms with Gasteiger partial charge in [0.25, 0.3) is 0 Å². The van der Waals surface area contributed by atoms with Crippen LogP contribution in [0.2, 0.25) is 0 Å². The smallest absolute Gasteiger partial charge is 0.200 e. The topological polar surface area (TPSA) is 60.2 Å². The zero-order valence-corrected chi connectivity index (χ0v) is 9.51. The number of nitrogens with two attached hydrogens (primary N) is 1. The highest BCUT2D eigenvalue weighted by molar-refractivity contribution is 7.95. The lowest BCUT2D eigenvalue weighted by Crippen LogP contribution is -2.08. The van der Waals surface area contributed by atoms with Crippen molar-refractivity contribution in [1.29, 1.82) is 0 Å². The normalized spacial score (nSPS) is 19.5. The molecule has 0 saturated heterocycles. The van der Waals surface area contributed by atoms with Gasteiger partial charge in [-0.2, -0.15) is 0 Å². The Morgan fingerprint density at radius 2 is 2.00 bits per heavy atom. The molecule has 0 amide bonds. The van der Waals surface area contributed by atoms with Crippen molar-refractivity contribution in [3.63, 3.8) is 0 Å². The van der Waals surface area contributed by atoms with Crippen LogP contribution in [0.3, 0.4) is 0 Å².